The van der Waals surface area contributed by atoms with Crippen molar-refractivity contribution in [2.24, 2.45) is 5.92 Å². The smallest absolute Gasteiger partial charge is 0.253 e. The van der Waals surface area contributed by atoms with E-state index in [-0.39, 0.29) is 28.5 Å². The first kappa shape index (κ1) is 29.5. The molecule has 12 heteroatoms. The van der Waals surface area contributed by atoms with Gasteiger partial charge in [-0.05, 0) is 64.7 Å². The summed E-state index contributed by atoms with van der Waals surface area (Å²) in [4.78, 5) is 25.6. The number of amides is 2. The highest BCUT2D eigenvalue weighted by Crippen LogP contribution is 2.28. The summed E-state index contributed by atoms with van der Waals surface area (Å²) in [7, 11) is 0. The summed E-state index contributed by atoms with van der Waals surface area (Å²) in [5, 5.41) is 16.3. The number of halogens is 4. The van der Waals surface area contributed by atoms with Gasteiger partial charge in [0.15, 0.2) is 11.0 Å². The molecule has 3 rings (SSSR count). The highest BCUT2D eigenvalue weighted by molar-refractivity contribution is 9.10. The molecular formula is C25H25BrCl3N5O2S. The van der Waals surface area contributed by atoms with Crippen molar-refractivity contribution in [3.05, 3.63) is 80.0 Å². The van der Waals surface area contributed by atoms with E-state index in [2.05, 4.69) is 57.2 Å². The van der Waals surface area contributed by atoms with Crippen molar-refractivity contribution in [1.29, 1.82) is 0 Å². The van der Waals surface area contributed by atoms with Gasteiger partial charge in [-0.1, -0.05) is 66.5 Å². The lowest BCUT2D eigenvalue weighted by atomic mass is 10.0. The molecule has 0 fully saturated rings. The minimum Gasteiger partial charge on any atom is -0.342 e. The van der Waals surface area contributed by atoms with Crippen molar-refractivity contribution >= 4 is 80.0 Å². The molecule has 7 nitrogen and oxygen atoms in total. The van der Waals surface area contributed by atoms with E-state index in [1.807, 2.05) is 4.57 Å². The molecule has 0 aliphatic carbocycles. The number of rotatable bonds is 11. The summed E-state index contributed by atoms with van der Waals surface area (Å²) in [6, 6.07) is 9.46. The predicted molar refractivity (Wildman–Crippen MR) is 155 cm³/mol. The highest BCUT2D eigenvalue weighted by Gasteiger charge is 2.25. The SMILES string of the molecule is C=CCn1c(SCC(=O)Nc2ccc(Br)c(Cl)c2)nnc1[C@@H](CC(C)C)NC(=O)c1ccc(Cl)cc1Cl. The molecule has 1 atom stereocenters. The van der Waals surface area contributed by atoms with E-state index < -0.39 is 6.04 Å². The molecule has 0 aliphatic heterocycles. The maximum Gasteiger partial charge on any atom is 0.253 e. The van der Waals surface area contributed by atoms with Crippen molar-refractivity contribution < 1.29 is 9.59 Å². The summed E-state index contributed by atoms with van der Waals surface area (Å²) in [5.74, 6) is 0.351. The molecule has 1 aromatic heterocycles. The molecule has 0 saturated carbocycles. The second-order valence-electron chi connectivity index (χ2n) is 8.49. The Bertz CT molecular complexity index is 1300. The van der Waals surface area contributed by atoms with Crippen molar-refractivity contribution in [2.45, 2.75) is 38.0 Å². The number of aromatic nitrogens is 3. The second-order valence-corrected chi connectivity index (χ2v) is 11.5. The van der Waals surface area contributed by atoms with E-state index in [1.54, 1.807) is 36.4 Å². The van der Waals surface area contributed by atoms with Crippen LogP contribution in [-0.4, -0.2) is 32.3 Å². The zero-order chi connectivity index (χ0) is 27.1. The van der Waals surface area contributed by atoms with E-state index in [4.69, 9.17) is 34.8 Å². The van der Waals surface area contributed by atoms with Gasteiger partial charge >= 0.3 is 0 Å². The summed E-state index contributed by atoms with van der Waals surface area (Å²) >= 11 is 22.9. The molecule has 0 bridgehead atoms. The molecule has 0 spiro atoms. The molecule has 2 N–H and O–H groups in total. The monoisotopic (exact) mass is 643 g/mol. The van der Waals surface area contributed by atoms with E-state index in [0.717, 1.165) is 4.47 Å². The maximum atomic E-state index is 13.1. The number of allylic oxidation sites excluding steroid dienone is 1. The number of nitrogens with one attached hydrogen (secondary N) is 2. The van der Waals surface area contributed by atoms with E-state index in [0.29, 0.717) is 45.2 Å². The molecular weight excluding hydrogens is 621 g/mol. The van der Waals surface area contributed by atoms with Gasteiger partial charge in [0.1, 0.15) is 0 Å². The van der Waals surface area contributed by atoms with Gasteiger partial charge in [-0.15, -0.1) is 16.8 Å². The summed E-state index contributed by atoms with van der Waals surface area (Å²) in [6.07, 6.45) is 2.33. The molecule has 0 unspecified atom stereocenters. The number of benzene rings is 2. The number of carbonyl (C=O) groups is 2. The molecule has 37 heavy (non-hydrogen) atoms. The molecule has 2 amide bonds. The van der Waals surface area contributed by atoms with Crippen molar-refractivity contribution in [3.63, 3.8) is 0 Å². The molecule has 0 saturated heterocycles. The van der Waals surface area contributed by atoms with Crippen LogP contribution in [0.4, 0.5) is 5.69 Å². The molecule has 196 valence electrons. The Balaban J connectivity index is 1.78. The van der Waals surface area contributed by atoms with Gasteiger partial charge in [-0.25, -0.2) is 0 Å². The molecule has 0 aliphatic rings. The molecule has 0 radical (unpaired) electrons. The van der Waals surface area contributed by atoms with Crippen LogP contribution >= 0.6 is 62.5 Å². The van der Waals surface area contributed by atoms with Crippen LogP contribution in [0.15, 0.2) is 58.7 Å². The van der Waals surface area contributed by atoms with Crippen LogP contribution in [0.25, 0.3) is 0 Å². The highest BCUT2D eigenvalue weighted by atomic mass is 79.9. The van der Waals surface area contributed by atoms with Crippen molar-refractivity contribution in [2.75, 3.05) is 11.1 Å². The number of hydrogen-bond donors (Lipinski definition) is 2. The lowest BCUT2D eigenvalue weighted by Crippen LogP contribution is -2.32. The fourth-order valence-electron chi connectivity index (χ4n) is 3.48. The Morgan fingerprint density at radius 2 is 1.89 bits per heavy atom. The van der Waals surface area contributed by atoms with Crippen molar-refractivity contribution in [3.8, 4) is 0 Å². The topological polar surface area (TPSA) is 88.9 Å². The van der Waals surface area contributed by atoms with Gasteiger partial charge in [-0.3, -0.25) is 9.59 Å². The van der Waals surface area contributed by atoms with Gasteiger partial charge < -0.3 is 15.2 Å². The Morgan fingerprint density at radius 1 is 1.14 bits per heavy atom. The normalized spacial score (nSPS) is 11.9. The number of nitrogens with zero attached hydrogens (tertiary/aromatic N) is 3. The van der Waals surface area contributed by atoms with Crippen LogP contribution in [-0.2, 0) is 11.3 Å². The zero-order valence-electron chi connectivity index (χ0n) is 20.1. The van der Waals surface area contributed by atoms with Crippen LogP contribution in [0.1, 0.15) is 42.5 Å². The first-order valence-electron chi connectivity index (χ1n) is 11.3. The van der Waals surface area contributed by atoms with E-state index in [9.17, 15) is 9.59 Å². The average Bonchev–Trinajstić information content (AvgIpc) is 3.22. The van der Waals surface area contributed by atoms with Crippen LogP contribution < -0.4 is 10.6 Å². The van der Waals surface area contributed by atoms with Crippen molar-refractivity contribution in [1.82, 2.24) is 20.1 Å². The van der Waals surface area contributed by atoms with Gasteiger partial charge in [0.2, 0.25) is 5.91 Å². The van der Waals surface area contributed by atoms with Crippen LogP contribution in [0.2, 0.25) is 15.1 Å². The third kappa shape index (κ3) is 8.22. The summed E-state index contributed by atoms with van der Waals surface area (Å²) in [5.41, 5.74) is 0.904. The number of hydrogen-bond acceptors (Lipinski definition) is 5. The second kappa shape index (κ2) is 13.7. The van der Waals surface area contributed by atoms with E-state index in [1.165, 1.54) is 17.8 Å². The lowest BCUT2D eigenvalue weighted by Gasteiger charge is -2.21. The van der Waals surface area contributed by atoms with Crippen LogP contribution in [0.3, 0.4) is 0 Å². The summed E-state index contributed by atoms with van der Waals surface area (Å²) < 4.78 is 2.59. The Hall–Kier alpha value is -2.04. The third-order valence-corrected chi connectivity index (χ3v) is 7.84. The van der Waals surface area contributed by atoms with Gasteiger partial charge in [0.05, 0.1) is 27.4 Å². The van der Waals surface area contributed by atoms with Crippen LogP contribution in [0.5, 0.6) is 0 Å². The zero-order valence-corrected chi connectivity index (χ0v) is 24.8. The van der Waals surface area contributed by atoms with Crippen LogP contribution in [0, 0.1) is 5.92 Å². The van der Waals surface area contributed by atoms with Gasteiger partial charge in [-0.2, -0.15) is 0 Å². The maximum absolute atomic E-state index is 13.1. The first-order valence-corrected chi connectivity index (χ1v) is 14.2. The Morgan fingerprint density at radius 3 is 2.54 bits per heavy atom. The van der Waals surface area contributed by atoms with Gasteiger partial charge in [0, 0.05) is 21.7 Å². The minimum atomic E-state index is -0.445. The fourth-order valence-corrected chi connectivity index (χ4v) is 5.15. The molecule has 2 aromatic carbocycles. The Labute approximate surface area is 243 Å². The number of thioether (sulfide) groups is 1. The molecule has 1 heterocycles. The quantitative estimate of drug-likeness (QED) is 0.167. The third-order valence-electron chi connectivity index (χ3n) is 5.09. The predicted octanol–water partition coefficient (Wildman–Crippen LogP) is 7.43. The fraction of sp³-hybridized carbons (Fsp3) is 0.280. The summed E-state index contributed by atoms with van der Waals surface area (Å²) in [6.45, 7) is 8.34. The number of anilines is 1. The largest absolute Gasteiger partial charge is 0.342 e. The van der Waals surface area contributed by atoms with E-state index >= 15 is 0 Å². The average molecular weight is 646 g/mol. The van der Waals surface area contributed by atoms with Gasteiger partial charge in [0.25, 0.3) is 5.91 Å². The minimum absolute atomic E-state index is 0.102. The standard InChI is InChI=1S/C25H25BrCl3N5O2S/c1-4-9-34-23(21(10-14(2)3)31-24(36)17-7-5-15(27)11-19(17)28)32-33-25(34)37-13-22(35)30-16-6-8-18(26)20(29)12-16/h4-8,11-12,14,21H,1,9-10,13H2,2-3H3,(H,30,35)(H,31,36)/t21-/m1/s1. The lowest BCUT2D eigenvalue weighted by molar-refractivity contribution is -0.113. The Kier molecular flexibility index (Phi) is 10.9. The number of carbonyl (C=O) groups excluding carboxylic acids is 2. The molecule has 3 aromatic rings. The first-order chi connectivity index (χ1) is 17.6.